The number of aromatic amines is 1. The van der Waals surface area contributed by atoms with Gasteiger partial charge in [0.1, 0.15) is 0 Å². The number of H-pyrrole nitrogens is 1. The molecular formula is C11H20N4O2S. The van der Waals surface area contributed by atoms with Crippen LogP contribution < -0.4 is 5.32 Å². The van der Waals surface area contributed by atoms with Gasteiger partial charge in [-0.15, -0.1) is 0 Å². The molecule has 18 heavy (non-hydrogen) atoms. The molecule has 102 valence electrons. The molecule has 0 amide bonds. The van der Waals surface area contributed by atoms with Crippen LogP contribution in [-0.4, -0.2) is 49.1 Å². The average molecular weight is 272 g/mol. The van der Waals surface area contributed by atoms with E-state index in [2.05, 4.69) is 15.5 Å². The summed E-state index contributed by atoms with van der Waals surface area (Å²) in [5.41, 5.74) is 0. The van der Waals surface area contributed by atoms with Crippen molar-refractivity contribution in [2.75, 3.05) is 20.1 Å². The van der Waals surface area contributed by atoms with Gasteiger partial charge in [0.15, 0.2) is 5.03 Å². The van der Waals surface area contributed by atoms with Crippen LogP contribution in [0.3, 0.4) is 0 Å². The van der Waals surface area contributed by atoms with E-state index in [4.69, 9.17) is 0 Å². The van der Waals surface area contributed by atoms with Crippen LogP contribution in [0.1, 0.15) is 25.7 Å². The maximum absolute atomic E-state index is 12.1. The summed E-state index contributed by atoms with van der Waals surface area (Å²) in [6.45, 7) is 1.57. The number of nitrogens with one attached hydrogen (secondary N) is 2. The summed E-state index contributed by atoms with van der Waals surface area (Å²) in [5.74, 6) is 0. The van der Waals surface area contributed by atoms with Gasteiger partial charge < -0.3 is 5.32 Å². The van der Waals surface area contributed by atoms with E-state index in [-0.39, 0.29) is 5.03 Å². The van der Waals surface area contributed by atoms with E-state index in [1.165, 1.54) is 29.4 Å². The molecule has 1 unspecified atom stereocenters. The normalized spacial score (nSPS) is 21.3. The van der Waals surface area contributed by atoms with Crippen LogP contribution in [0, 0.1) is 0 Å². The van der Waals surface area contributed by atoms with Gasteiger partial charge in [-0.3, -0.25) is 5.10 Å². The number of nitrogens with zero attached hydrogens (tertiary/aromatic N) is 2. The van der Waals surface area contributed by atoms with E-state index in [1.54, 1.807) is 7.05 Å². The van der Waals surface area contributed by atoms with Crippen molar-refractivity contribution in [3.8, 4) is 0 Å². The van der Waals surface area contributed by atoms with Crippen molar-refractivity contribution >= 4 is 10.0 Å². The second-order valence-electron chi connectivity index (χ2n) is 4.68. The number of rotatable bonds is 5. The largest absolute Gasteiger partial charge is 0.314 e. The Labute approximate surface area is 108 Å². The minimum Gasteiger partial charge on any atom is -0.314 e. The van der Waals surface area contributed by atoms with Crippen molar-refractivity contribution in [3.63, 3.8) is 0 Å². The third-order valence-electron chi connectivity index (χ3n) is 3.37. The zero-order valence-electron chi connectivity index (χ0n) is 10.6. The van der Waals surface area contributed by atoms with Crippen molar-refractivity contribution in [2.45, 2.75) is 36.8 Å². The molecule has 1 atom stereocenters. The lowest BCUT2D eigenvalue weighted by molar-refractivity contribution is 0.351. The molecule has 1 aliphatic heterocycles. The first kappa shape index (κ1) is 13.5. The van der Waals surface area contributed by atoms with Crippen LogP contribution >= 0.6 is 0 Å². The summed E-state index contributed by atoms with van der Waals surface area (Å²) < 4.78 is 25.6. The number of hydrogen-bond acceptors (Lipinski definition) is 4. The van der Waals surface area contributed by atoms with E-state index in [9.17, 15) is 8.42 Å². The molecule has 1 aliphatic rings. The fraction of sp³-hybridized carbons (Fsp3) is 0.727. The Morgan fingerprint density at radius 2 is 2.33 bits per heavy atom. The van der Waals surface area contributed by atoms with Crippen LogP contribution in [0.5, 0.6) is 0 Å². The molecule has 6 nitrogen and oxygen atoms in total. The summed E-state index contributed by atoms with van der Waals surface area (Å²) in [7, 11) is -1.80. The molecule has 0 spiro atoms. The predicted molar refractivity (Wildman–Crippen MR) is 68.7 cm³/mol. The third kappa shape index (κ3) is 3.09. The average Bonchev–Trinajstić information content (AvgIpc) is 2.91. The Balaban J connectivity index is 1.89. The SMILES string of the molecule is CN(CCC1CCCCN1)S(=O)(=O)c1ccn[nH]1. The van der Waals surface area contributed by atoms with Crippen LogP contribution in [0.4, 0.5) is 0 Å². The Kier molecular flexibility index (Phi) is 4.36. The molecule has 1 aromatic rings. The lowest BCUT2D eigenvalue weighted by Gasteiger charge is -2.25. The Hall–Kier alpha value is -0.920. The van der Waals surface area contributed by atoms with E-state index >= 15 is 0 Å². The molecule has 1 saturated heterocycles. The minimum atomic E-state index is -3.41. The second-order valence-corrected chi connectivity index (χ2v) is 6.70. The van der Waals surface area contributed by atoms with Crippen LogP contribution in [0.25, 0.3) is 0 Å². The Morgan fingerprint density at radius 1 is 1.50 bits per heavy atom. The maximum atomic E-state index is 12.1. The minimum absolute atomic E-state index is 0.154. The van der Waals surface area contributed by atoms with Crippen molar-refractivity contribution in [1.29, 1.82) is 0 Å². The molecule has 1 aromatic heterocycles. The summed E-state index contributed by atoms with van der Waals surface area (Å²) in [6.07, 6.45) is 5.89. The van der Waals surface area contributed by atoms with Crippen LogP contribution in [0.15, 0.2) is 17.3 Å². The fourth-order valence-electron chi connectivity index (χ4n) is 2.18. The van der Waals surface area contributed by atoms with Crippen LogP contribution in [0.2, 0.25) is 0 Å². The fourth-order valence-corrected chi connectivity index (χ4v) is 3.27. The molecule has 2 rings (SSSR count). The first-order valence-corrected chi connectivity index (χ1v) is 7.74. The van der Waals surface area contributed by atoms with Crippen molar-refractivity contribution in [2.24, 2.45) is 0 Å². The standard InChI is InChI=1S/C11H20N4O2S/c1-15(9-6-10-4-2-3-7-12-10)18(16,17)11-5-8-13-14-11/h5,8,10,12H,2-4,6-7,9H2,1H3,(H,13,14). The third-order valence-corrected chi connectivity index (χ3v) is 5.15. The number of sulfonamides is 1. The van der Waals surface area contributed by atoms with Crippen molar-refractivity contribution in [1.82, 2.24) is 19.8 Å². The maximum Gasteiger partial charge on any atom is 0.259 e. The van der Waals surface area contributed by atoms with E-state index in [1.807, 2.05) is 0 Å². The van der Waals surface area contributed by atoms with Gasteiger partial charge in [-0.25, -0.2) is 8.42 Å². The van der Waals surface area contributed by atoms with Gasteiger partial charge in [0, 0.05) is 19.6 Å². The van der Waals surface area contributed by atoms with E-state index in [0.717, 1.165) is 19.4 Å². The lowest BCUT2D eigenvalue weighted by atomic mass is 10.0. The van der Waals surface area contributed by atoms with Gasteiger partial charge in [-0.1, -0.05) is 6.42 Å². The molecule has 7 heteroatoms. The Bertz CT molecular complexity index is 451. The zero-order valence-corrected chi connectivity index (χ0v) is 11.4. The molecule has 0 aliphatic carbocycles. The first-order chi connectivity index (χ1) is 8.60. The molecule has 1 fully saturated rings. The van der Waals surface area contributed by atoms with E-state index in [0.29, 0.717) is 12.6 Å². The number of hydrogen-bond donors (Lipinski definition) is 2. The van der Waals surface area contributed by atoms with Crippen molar-refractivity contribution < 1.29 is 8.42 Å². The highest BCUT2D eigenvalue weighted by molar-refractivity contribution is 7.89. The highest BCUT2D eigenvalue weighted by Gasteiger charge is 2.23. The van der Waals surface area contributed by atoms with Crippen LogP contribution in [-0.2, 0) is 10.0 Å². The summed E-state index contributed by atoms with van der Waals surface area (Å²) in [5, 5.41) is 9.75. The van der Waals surface area contributed by atoms with Gasteiger partial charge in [0.2, 0.25) is 0 Å². The molecule has 0 saturated carbocycles. The molecule has 0 radical (unpaired) electrons. The van der Waals surface area contributed by atoms with Gasteiger partial charge >= 0.3 is 0 Å². The van der Waals surface area contributed by atoms with Gasteiger partial charge in [0.25, 0.3) is 10.0 Å². The zero-order chi connectivity index (χ0) is 13.0. The van der Waals surface area contributed by atoms with E-state index < -0.39 is 10.0 Å². The quantitative estimate of drug-likeness (QED) is 0.821. The molecule has 2 N–H and O–H groups in total. The Morgan fingerprint density at radius 3 is 2.94 bits per heavy atom. The number of piperidine rings is 1. The predicted octanol–water partition coefficient (Wildman–Crippen LogP) is 0.562. The van der Waals surface area contributed by atoms with Crippen molar-refractivity contribution in [3.05, 3.63) is 12.3 Å². The summed E-state index contributed by atoms with van der Waals surface area (Å²) in [4.78, 5) is 0. The first-order valence-electron chi connectivity index (χ1n) is 6.30. The molecule has 2 heterocycles. The monoisotopic (exact) mass is 272 g/mol. The second kappa shape index (κ2) is 5.81. The highest BCUT2D eigenvalue weighted by Crippen LogP contribution is 2.14. The van der Waals surface area contributed by atoms with Gasteiger partial charge in [-0.05, 0) is 31.9 Å². The highest BCUT2D eigenvalue weighted by atomic mass is 32.2. The lowest BCUT2D eigenvalue weighted by Crippen LogP contribution is -2.38. The molecular weight excluding hydrogens is 252 g/mol. The summed E-state index contributed by atoms with van der Waals surface area (Å²) in [6, 6.07) is 1.92. The molecule has 0 aromatic carbocycles. The summed E-state index contributed by atoms with van der Waals surface area (Å²) >= 11 is 0. The molecule has 0 bridgehead atoms. The van der Waals surface area contributed by atoms with Gasteiger partial charge in [-0.2, -0.15) is 9.40 Å². The number of aromatic nitrogens is 2. The topological polar surface area (TPSA) is 78.1 Å². The van der Waals surface area contributed by atoms with Gasteiger partial charge in [0.05, 0.1) is 6.20 Å². The smallest absolute Gasteiger partial charge is 0.259 e.